The Morgan fingerprint density at radius 1 is 1.20 bits per heavy atom. The zero-order valence-electron chi connectivity index (χ0n) is 11.2. The summed E-state index contributed by atoms with van der Waals surface area (Å²) in [5.74, 6) is -0.121. The molecule has 6 heteroatoms. The summed E-state index contributed by atoms with van der Waals surface area (Å²) in [6.45, 7) is 4.36. The third-order valence-electron chi connectivity index (χ3n) is 3.00. The molecule has 0 aromatic carbocycles. The lowest BCUT2D eigenvalue weighted by Crippen LogP contribution is -2.27. The molecular weight excluding hydrogens is 285 g/mol. The molecular formula is C14H15F3N2S. The van der Waals surface area contributed by atoms with E-state index >= 15 is 0 Å². The molecule has 0 aliphatic heterocycles. The number of rotatable bonds is 4. The van der Waals surface area contributed by atoms with Crippen LogP contribution in [0.1, 0.15) is 24.3 Å². The first-order valence-corrected chi connectivity index (χ1v) is 6.99. The minimum Gasteiger partial charge on any atom is -0.369 e. The molecule has 0 radical (unpaired) electrons. The van der Waals surface area contributed by atoms with Crippen molar-refractivity contribution in [2.75, 3.05) is 11.9 Å². The van der Waals surface area contributed by atoms with Crippen LogP contribution in [0.5, 0.6) is 0 Å². The molecule has 0 saturated heterocycles. The van der Waals surface area contributed by atoms with Gasteiger partial charge in [0.05, 0.1) is 5.56 Å². The fraction of sp³-hybridized carbons (Fsp3) is 0.357. The van der Waals surface area contributed by atoms with Crippen LogP contribution in [0.4, 0.5) is 19.0 Å². The molecule has 0 amide bonds. The Morgan fingerprint density at radius 2 is 1.95 bits per heavy atom. The Labute approximate surface area is 119 Å². The van der Waals surface area contributed by atoms with Crippen molar-refractivity contribution in [3.63, 3.8) is 0 Å². The van der Waals surface area contributed by atoms with Gasteiger partial charge in [-0.05, 0) is 23.6 Å². The molecule has 0 unspecified atom stereocenters. The van der Waals surface area contributed by atoms with Crippen molar-refractivity contribution in [2.45, 2.75) is 25.4 Å². The number of hydrogen-bond acceptors (Lipinski definition) is 3. The number of pyridine rings is 1. The molecule has 0 aliphatic carbocycles. The maximum Gasteiger partial charge on any atom is 0.419 e. The van der Waals surface area contributed by atoms with E-state index in [2.05, 4.69) is 10.3 Å². The average molecular weight is 300 g/mol. The summed E-state index contributed by atoms with van der Waals surface area (Å²) >= 11 is 1.59. The van der Waals surface area contributed by atoms with Crippen LogP contribution < -0.4 is 5.32 Å². The third-order valence-corrected chi connectivity index (χ3v) is 4.23. The molecule has 20 heavy (non-hydrogen) atoms. The lowest BCUT2D eigenvalue weighted by atomic mass is 9.91. The second-order valence-corrected chi connectivity index (χ2v) is 6.06. The number of nitrogens with one attached hydrogen (secondary N) is 1. The number of thiophene rings is 1. The van der Waals surface area contributed by atoms with Crippen LogP contribution in [0.25, 0.3) is 0 Å². The van der Waals surface area contributed by atoms with E-state index in [1.165, 1.54) is 12.3 Å². The van der Waals surface area contributed by atoms with Gasteiger partial charge in [-0.3, -0.25) is 0 Å². The Kier molecular flexibility index (Phi) is 4.04. The first-order valence-electron chi connectivity index (χ1n) is 6.11. The predicted octanol–water partition coefficient (Wildman–Crippen LogP) is 4.55. The van der Waals surface area contributed by atoms with E-state index in [-0.39, 0.29) is 11.2 Å². The van der Waals surface area contributed by atoms with Gasteiger partial charge in [-0.2, -0.15) is 13.2 Å². The van der Waals surface area contributed by atoms with Crippen LogP contribution in [0, 0.1) is 0 Å². The van der Waals surface area contributed by atoms with E-state index in [4.69, 9.17) is 0 Å². The molecule has 0 spiro atoms. The summed E-state index contributed by atoms with van der Waals surface area (Å²) in [5, 5.41) is 4.78. The molecule has 2 aromatic rings. The maximum atomic E-state index is 12.9. The number of nitrogens with zero attached hydrogens (tertiary/aromatic N) is 1. The second-order valence-electron chi connectivity index (χ2n) is 5.11. The average Bonchev–Trinajstić information content (AvgIpc) is 2.90. The molecule has 0 fully saturated rings. The minimum absolute atomic E-state index is 0.121. The number of halogens is 3. The fourth-order valence-electron chi connectivity index (χ4n) is 1.83. The first-order chi connectivity index (χ1) is 9.31. The standard InChI is InChI=1S/C14H15F3N2S/c1-13(2,11-6-4-8-20-11)9-19-12-10(14(15,16)17)5-3-7-18-12/h3-8H,9H2,1-2H3,(H,18,19). The first kappa shape index (κ1) is 14.8. The summed E-state index contributed by atoms with van der Waals surface area (Å²) in [6, 6.07) is 6.24. The van der Waals surface area contributed by atoms with E-state index in [1.54, 1.807) is 11.3 Å². The van der Waals surface area contributed by atoms with Gasteiger partial charge in [0.1, 0.15) is 5.82 Å². The SMILES string of the molecule is CC(C)(CNc1ncccc1C(F)(F)F)c1cccs1. The molecule has 1 N–H and O–H groups in total. The van der Waals surface area contributed by atoms with Crippen LogP contribution in [-0.2, 0) is 11.6 Å². The Hall–Kier alpha value is -1.56. The second kappa shape index (κ2) is 5.44. The number of hydrogen-bond donors (Lipinski definition) is 1. The largest absolute Gasteiger partial charge is 0.419 e. The van der Waals surface area contributed by atoms with Gasteiger partial charge in [-0.25, -0.2) is 4.98 Å². The summed E-state index contributed by atoms with van der Waals surface area (Å²) in [7, 11) is 0. The van der Waals surface area contributed by atoms with Crippen LogP contribution in [0.2, 0.25) is 0 Å². The predicted molar refractivity (Wildman–Crippen MR) is 75.1 cm³/mol. The highest BCUT2D eigenvalue weighted by molar-refractivity contribution is 7.10. The summed E-state index contributed by atoms with van der Waals surface area (Å²) in [5.41, 5.74) is -0.990. The summed E-state index contributed by atoms with van der Waals surface area (Å²) in [4.78, 5) is 4.92. The van der Waals surface area contributed by atoms with Gasteiger partial charge >= 0.3 is 6.18 Å². The van der Waals surface area contributed by atoms with Crippen molar-refractivity contribution in [2.24, 2.45) is 0 Å². The van der Waals surface area contributed by atoms with Crippen molar-refractivity contribution < 1.29 is 13.2 Å². The zero-order chi connectivity index (χ0) is 14.8. The fourth-order valence-corrected chi connectivity index (χ4v) is 2.68. The Bertz CT molecular complexity index is 562. The highest BCUT2D eigenvalue weighted by atomic mass is 32.1. The molecule has 2 aromatic heterocycles. The highest BCUT2D eigenvalue weighted by Crippen LogP contribution is 2.34. The van der Waals surface area contributed by atoms with Gasteiger partial charge in [0, 0.05) is 23.0 Å². The van der Waals surface area contributed by atoms with E-state index in [9.17, 15) is 13.2 Å². The van der Waals surface area contributed by atoms with Gasteiger partial charge in [0.15, 0.2) is 0 Å². The molecule has 108 valence electrons. The van der Waals surface area contributed by atoms with Gasteiger partial charge in [-0.1, -0.05) is 19.9 Å². The van der Waals surface area contributed by atoms with Gasteiger partial charge in [0.2, 0.25) is 0 Å². The topological polar surface area (TPSA) is 24.9 Å². The van der Waals surface area contributed by atoms with Gasteiger partial charge in [-0.15, -0.1) is 11.3 Å². The normalized spacial score (nSPS) is 12.4. The van der Waals surface area contributed by atoms with Crippen LogP contribution >= 0.6 is 11.3 Å². The van der Waals surface area contributed by atoms with Gasteiger partial charge in [0.25, 0.3) is 0 Å². The lowest BCUT2D eigenvalue weighted by molar-refractivity contribution is -0.137. The molecule has 0 bridgehead atoms. The van der Waals surface area contributed by atoms with E-state index in [0.29, 0.717) is 6.54 Å². The monoisotopic (exact) mass is 300 g/mol. The van der Waals surface area contributed by atoms with Gasteiger partial charge < -0.3 is 5.32 Å². The number of aromatic nitrogens is 1. The third kappa shape index (κ3) is 3.30. The molecule has 2 heterocycles. The van der Waals surface area contributed by atoms with Crippen molar-refractivity contribution in [3.05, 3.63) is 46.3 Å². The van der Waals surface area contributed by atoms with Crippen molar-refractivity contribution in [1.29, 1.82) is 0 Å². The molecule has 0 atom stereocenters. The maximum absolute atomic E-state index is 12.9. The number of anilines is 1. The quantitative estimate of drug-likeness (QED) is 0.896. The molecule has 2 nitrogen and oxygen atoms in total. The molecule has 0 aliphatic rings. The van der Waals surface area contributed by atoms with Crippen LogP contribution in [-0.4, -0.2) is 11.5 Å². The highest BCUT2D eigenvalue weighted by Gasteiger charge is 2.34. The van der Waals surface area contributed by atoms with Crippen LogP contribution in [0.15, 0.2) is 35.8 Å². The van der Waals surface area contributed by atoms with E-state index in [1.807, 2.05) is 31.4 Å². The molecule has 2 rings (SSSR count). The summed E-state index contributed by atoms with van der Waals surface area (Å²) < 4.78 is 38.6. The minimum atomic E-state index is -4.40. The lowest BCUT2D eigenvalue weighted by Gasteiger charge is -2.25. The summed E-state index contributed by atoms with van der Waals surface area (Å²) in [6.07, 6.45) is -3.04. The smallest absolute Gasteiger partial charge is 0.369 e. The van der Waals surface area contributed by atoms with Crippen molar-refractivity contribution in [1.82, 2.24) is 4.98 Å². The Balaban J connectivity index is 2.16. The molecule has 0 saturated carbocycles. The van der Waals surface area contributed by atoms with E-state index in [0.717, 1.165) is 10.9 Å². The van der Waals surface area contributed by atoms with Crippen molar-refractivity contribution >= 4 is 17.2 Å². The van der Waals surface area contributed by atoms with E-state index < -0.39 is 11.7 Å². The van der Waals surface area contributed by atoms with Crippen molar-refractivity contribution in [3.8, 4) is 0 Å². The Morgan fingerprint density at radius 3 is 2.55 bits per heavy atom. The van der Waals surface area contributed by atoms with Crippen LogP contribution in [0.3, 0.4) is 0 Å². The number of alkyl halides is 3. The zero-order valence-corrected chi connectivity index (χ0v) is 12.0.